The van der Waals surface area contributed by atoms with Crippen molar-refractivity contribution in [1.82, 2.24) is 9.55 Å². The van der Waals surface area contributed by atoms with Crippen molar-refractivity contribution in [2.24, 2.45) is 5.73 Å². The molecule has 1 aromatic rings. The zero-order chi connectivity index (χ0) is 9.90. The first kappa shape index (κ1) is 10.1. The van der Waals surface area contributed by atoms with Gasteiger partial charge in [0, 0.05) is 18.8 Å². The number of aryl methyl sites for hydroxylation is 1. The second-order valence-corrected chi connectivity index (χ2v) is 2.88. The SMILES string of the molecule is CCc1nccn1CC(F)(F)CN. The van der Waals surface area contributed by atoms with E-state index in [9.17, 15) is 8.78 Å². The summed E-state index contributed by atoms with van der Waals surface area (Å²) in [6.45, 7) is 0.862. The molecule has 1 heterocycles. The van der Waals surface area contributed by atoms with Gasteiger partial charge in [-0.25, -0.2) is 13.8 Å². The van der Waals surface area contributed by atoms with Crippen LogP contribution in [0.3, 0.4) is 0 Å². The summed E-state index contributed by atoms with van der Waals surface area (Å²) in [7, 11) is 0. The van der Waals surface area contributed by atoms with Gasteiger partial charge in [0.1, 0.15) is 5.82 Å². The monoisotopic (exact) mass is 189 g/mol. The largest absolute Gasteiger partial charge is 0.329 e. The predicted molar refractivity (Wildman–Crippen MR) is 45.6 cm³/mol. The molecular formula is C8H13F2N3. The van der Waals surface area contributed by atoms with E-state index in [4.69, 9.17) is 5.73 Å². The van der Waals surface area contributed by atoms with Gasteiger partial charge in [-0.3, -0.25) is 0 Å². The minimum Gasteiger partial charge on any atom is -0.329 e. The van der Waals surface area contributed by atoms with Crippen molar-refractivity contribution in [1.29, 1.82) is 0 Å². The third kappa shape index (κ3) is 2.48. The van der Waals surface area contributed by atoms with Crippen LogP contribution in [0.25, 0.3) is 0 Å². The molecule has 2 N–H and O–H groups in total. The normalized spacial score (nSPS) is 12.0. The molecule has 0 spiro atoms. The first-order chi connectivity index (χ1) is 6.09. The molecule has 0 saturated carbocycles. The summed E-state index contributed by atoms with van der Waals surface area (Å²) in [5, 5.41) is 0. The van der Waals surface area contributed by atoms with Crippen LogP contribution in [0.2, 0.25) is 0 Å². The number of nitrogens with two attached hydrogens (primary N) is 1. The van der Waals surface area contributed by atoms with Crippen LogP contribution in [0, 0.1) is 0 Å². The topological polar surface area (TPSA) is 43.8 Å². The summed E-state index contributed by atoms with van der Waals surface area (Å²) in [6.07, 6.45) is 3.71. The first-order valence-electron chi connectivity index (χ1n) is 4.17. The third-order valence-electron chi connectivity index (χ3n) is 1.82. The minimum absolute atomic E-state index is 0.382. The van der Waals surface area contributed by atoms with E-state index in [0.717, 1.165) is 0 Å². The van der Waals surface area contributed by atoms with Gasteiger partial charge >= 0.3 is 0 Å². The summed E-state index contributed by atoms with van der Waals surface area (Å²) in [4.78, 5) is 3.94. The number of halogens is 2. The van der Waals surface area contributed by atoms with Crippen molar-refractivity contribution in [3.63, 3.8) is 0 Å². The molecule has 13 heavy (non-hydrogen) atoms. The summed E-state index contributed by atoms with van der Waals surface area (Å²) in [5.41, 5.74) is 4.93. The second kappa shape index (κ2) is 3.83. The molecule has 0 bridgehead atoms. The van der Waals surface area contributed by atoms with Gasteiger partial charge < -0.3 is 10.3 Å². The van der Waals surface area contributed by atoms with Gasteiger partial charge in [0.25, 0.3) is 5.92 Å². The Labute approximate surface area is 75.6 Å². The lowest BCUT2D eigenvalue weighted by Crippen LogP contribution is -2.33. The minimum atomic E-state index is -2.84. The van der Waals surface area contributed by atoms with Crippen LogP contribution in [0.15, 0.2) is 12.4 Å². The van der Waals surface area contributed by atoms with Crippen LogP contribution in [0.4, 0.5) is 8.78 Å². The molecule has 74 valence electrons. The number of alkyl halides is 2. The molecule has 1 aromatic heterocycles. The molecule has 0 radical (unpaired) electrons. The quantitative estimate of drug-likeness (QED) is 0.769. The van der Waals surface area contributed by atoms with Gasteiger partial charge in [-0.15, -0.1) is 0 Å². The zero-order valence-electron chi connectivity index (χ0n) is 7.50. The standard InChI is InChI=1S/C8H13F2N3/c1-2-7-12-3-4-13(7)6-8(9,10)5-11/h3-4H,2,5-6,11H2,1H3. The molecule has 0 fully saturated rings. The summed E-state index contributed by atoms with van der Waals surface area (Å²) >= 11 is 0. The summed E-state index contributed by atoms with van der Waals surface area (Å²) in [5.74, 6) is -2.18. The highest BCUT2D eigenvalue weighted by Gasteiger charge is 2.27. The molecular weight excluding hydrogens is 176 g/mol. The second-order valence-electron chi connectivity index (χ2n) is 2.88. The van der Waals surface area contributed by atoms with Crippen molar-refractivity contribution < 1.29 is 8.78 Å². The highest BCUT2D eigenvalue weighted by Crippen LogP contribution is 2.15. The average Bonchev–Trinajstić information content (AvgIpc) is 2.51. The number of imidazole rings is 1. The molecule has 0 aliphatic carbocycles. The molecule has 0 aliphatic heterocycles. The van der Waals surface area contributed by atoms with Crippen LogP contribution in [0.1, 0.15) is 12.7 Å². The Hall–Kier alpha value is -0.970. The number of aromatic nitrogens is 2. The lowest BCUT2D eigenvalue weighted by molar-refractivity contribution is -0.00730. The average molecular weight is 189 g/mol. The highest BCUT2D eigenvalue weighted by molar-refractivity contribution is 4.93. The van der Waals surface area contributed by atoms with Crippen LogP contribution in [0.5, 0.6) is 0 Å². The van der Waals surface area contributed by atoms with E-state index in [1.165, 1.54) is 10.8 Å². The van der Waals surface area contributed by atoms with Crippen LogP contribution >= 0.6 is 0 Å². The van der Waals surface area contributed by atoms with E-state index in [1.54, 1.807) is 6.20 Å². The molecule has 0 atom stereocenters. The Bertz CT molecular complexity index is 270. The van der Waals surface area contributed by atoms with E-state index in [1.807, 2.05) is 6.92 Å². The van der Waals surface area contributed by atoms with E-state index in [-0.39, 0.29) is 6.54 Å². The van der Waals surface area contributed by atoms with E-state index in [2.05, 4.69) is 4.98 Å². The fourth-order valence-electron chi connectivity index (χ4n) is 1.11. The van der Waals surface area contributed by atoms with Crippen molar-refractivity contribution in [2.45, 2.75) is 25.8 Å². The molecule has 0 saturated heterocycles. The van der Waals surface area contributed by atoms with Gasteiger partial charge in [0.05, 0.1) is 13.1 Å². The Morgan fingerprint density at radius 2 is 2.31 bits per heavy atom. The molecule has 3 nitrogen and oxygen atoms in total. The van der Waals surface area contributed by atoms with Crippen molar-refractivity contribution in [2.75, 3.05) is 6.54 Å². The number of hydrogen-bond acceptors (Lipinski definition) is 2. The van der Waals surface area contributed by atoms with Crippen LogP contribution in [-0.2, 0) is 13.0 Å². The van der Waals surface area contributed by atoms with Crippen molar-refractivity contribution >= 4 is 0 Å². The summed E-state index contributed by atoms with van der Waals surface area (Å²) in [6, 6.07) is 0. The number of rotatable bonds is 4. The Morgan fingerprint density at radius 3 is 2.85 bits per heavy atom. The highest BCUT2D eigenvalue weighted by atomic mass is 19.3. The maximum absolute atomic E-state index is 12.9. The van der Waals surface area contributed by atoms with Gasteiger partial charge in [0.2, 0.25) is 0 Å². The fraction of sp³-hybridized carbons (Fsp3) is 0.625. The van der Waals surface area contributed by atoms with Crippen molar-refractivity contribution in [3.8, 4) is 0 Å². The van der Waals surface area contributed by atoms with Gasteiger partial charge in [-0.1, -0.05) is 6.92 Å². The zero-order valence-corrected chi connectivity index (χ0v) is 7.50. The molecule has 5 heteroatoms. The summed E-state index contributed by atoms with van der Waals surface area (Å²) < 4.78 is 27.2. The molecule has 0 aliphatic rings. The molecule has 1 rings (SSSR count). The van der Waals surface area contributed by atoms with E-state index >= 15 is 0 Å². The Balaban J connectivity index is 2.73. The maximum Gasteiger partial charge on any atom is 0.277 e. The number of hydrogen-bond donors (Lipinski definition) is 1. The van der Waals surface area contributed by atoms with E-state index < -0.39 is 12.5 Å². The van der Waals surface area contributed by atoms with Crippen molar-refractivity contribution in [3.05, 3.63) is 18.2 Å². The smallest absolute Gasteiger partial charge is 0.277 e. The third-order valence-corrected chi connectivity index (χ3v) is 1.82. The van der Waals surface area contributed by atoms with Crippen LogP contribution < -0.4 is 5.73 Å². The Kier molecular flexibility index (Phi) is 2.98. The van der Waals surface area contributed by atoms with Crippen LogP contribution in [-0.4, -0.2) is 22.0 Å². The lowest BCUT2D eigenvalue weighted by atomic mass is 10.3. The maximum atomic E-state index is 12.9. The Morgan fingerprint density at radius 1 is 1.62 bits per heavy atom. The molecule has 0 amide bonds. The van der Waals surface area contributed by atoms with Gasteiger partial charge in [-0.2, -0.15) is 0 Å². The number of nitrogens with zero attached hydrogens (tertiary/aromatic N) is 2. The van der Waals surface area contributed by atoms with Gasteiger partial charge in [0.15, 0.2) is 0 Å². The molecule has 0 unspecified atom stereocenters. The van der Waals surface area contributed by atoms with Gasteiger partial charge in [-0.05, 0) is 0 Å². The lowest BCUT2D eigenvalue weighted by Gasteiger charge is -2.15. The fourth-order valence-corrected chi connectivity index (χ4v) is 1.11. The van der Waals surface area contributed by atoms with E-state index in [0.29, 0.717) is 12.2 Å². The molecule has 0 aromatic carbocycles. The predicted octanol–water partition coefficient (Wildman–Crippen LogP) is 1.04. The first-order valence-corrected chi connectivity index (χ1v) is 4.17.